The molecule has 2 atom stereocenters. The molecule has 0 aromatic carbocycles. The number of carbonyl (C=O) groups is 1. The number of hydrogen-bond acceptors (Lipinski definition) is 2. The van der Waals surface area contributed by atoms with Gasteiger partial charge in [0.2, 0.25) is 5.91 Å². The van der Waals surface area contributed by atoms with Gasteiger partial charge in [0.25, 0.3) is 0 Å². The molecule has 0 aromatic rings. The SMILES string of the molecule is C[C@@H]1CCCCO[C@H]1CC(N)=O. The average Bonchev–Trinajstić information content (AvgIpc) is 2.16. The van der Waals surface area contributed by atoms with E-state index in [-0.39, 0.29) is 12.0 Å². The minimum Gasteiger partial charge on any atom is -0.377 e. The van der Waals surface area contributed by atoms with Crippen molar-refractivity contribution in [3.8, 4) is 0 Å². The van der Waals surface area contributed by atoms with Gasteiger partial charge in [-0.15, -0.1) is 0 Å². The molecule has 0 radical (unpaired) electrons. The minimum atomic E-state index is -0.256. The normalized spacial score (nSPS) is 31.1. The van der Waals surface area contributed by atoms with E-state index in [1.54, 1.807) is 0 Å². The highest BCUT2D eigenvalue weighted by atomic mass is 16.5. The summed E-state index contributed by atoms with van der Waals surface area (Å²) in [6.45, 7) is 2.90. The second-order valence-corrected chi connectivity index (χ2v) is 3.55. The molecule has 1 rings (SSSR count). The summed E-state index contributed by atoms with van der Waals surface area (Å²) in [4.78, 5) is 10.7. The molecule has 70 valence electrons. The van der Waals surface area contributed by atoms with E-state index in [0.29, 0.717) is 12.3 Å². The smallest absolute Gasteiger partial charge is 0.220 e. The molecule has 1 aliphatic rings. The Morgan fingerprint density at radius 1 is 1.58 bits per heavy atom. The summed E-state index contributed by atoms with van der Waals surface area (Å²) >= 11 is 0. The van der Waals surface area contributed by atoms with Crippen molar-refractivity contribution in [3.05, 3.63) is 0 Å². The Morgan fingerprint density at radius 3 is 3.00 bits per heavy atom. The number of rotatable bonds is 2. The van der Waals surface area contributed by atoms with Crippen LogP contribution in [0.15, 0.2) is 0 Å². The fraction of sp³-hybridized carbons (Fsp3) is 0.889. The molecule has 1 fully saturated rings. The number of hydrogen-bond donors (Lipinski definition) is 1. The molecule has 0 unspecified atom stereocenters. The summed E-state index contributed by atoms with van der Waals surface area (Å²) in [5, 5.41) is 0. The van der Waals surface area contributed by atoms with Gasteiger partial charge in [0.15, 0.2) is 0 Å². The number of ether oxygens (including phenoxy) is 1. The Balaban J connectivity index is 2.41. The van der Waals surface area contributed by atoms with E-state index in [1.165, 1.54) is 6.42 Å². The molecule has 0 aromatic heterocycles. The predicted octanol–water partition coefficient (Wildman–Crippen LogP) is 1.07. The molecule has 0 aliphatic carbocycles. The Kier molecular flexibility index (Phi) is 3.53. The highest BCUT2D eigenvalue weighted by Gasteiger charge is 2.21. The first-order valence-electron chi connectivity index (χ1n) is 4.60. The van der Waals surface area contributed by atoms with Gasteiger partial charge in [0, 0.05) is 6.61 Å². The molecule has 12 heavy (non-hydrogen) atoms. The Morgan fingerprint density at radius 2 is 2.33 bits per heavy atom. The van der Waals surface area contributed by atoms with Crippen molar-refractivity contribution < 1.29 is 9.53 Å². The van der Waals surface area contributed by atoms with Crippen molar-refractivity contribution in [1.29, 1.82) is 0 Å². The van der Waals surface area contributed by atoms with Crippen molar-refractivity contribution >= 4 is 5.91 Å². The third-order valence-corrected chi connectivity index (χ3v) is 2.42. The second kappa shape index (κ2) is 4.45. The zero-order chi connectivity index (χ0) is 8.97. The molecule has 1 aliphatic heterocycles. The first kappa shape index (κ1) is 9.52. The summed E-state index contributed by atoms with van der Waals surface area (Å²) in [5.74, 6) is 0.216. The lowest BCUT2D eigenvalue weighted by atomic mass is 9.97. The highest BCUT2D eigenvalue weighted by molar-refractivity contribution is 5.74. The standard InChI is InChI=1S/C9H17NO2/c1-7-4-2-3-5-12-8(7)6-9(10)11/h7-8H,2-6H2,1H3,(H2,10,11)/t7-,8+/m1/s1. The lowest BCUT2D eigenvalue weighted by Gasteiger charge is -2.19. The Bertz CT molecular complexity index is 159. The van der Waals surface area contributed by atoms with Crippen molar-refractivity contribution in [1.82, 2.24) is 0 Å². The van der Waals surface area contributed by atoms with Crippen molar-refractivity contribution in [3.63, 3.8) is 0 Å². The van der Waals surface area contributed by atoms with E-state index in [4.69, 9.17) is 10.5 Å². The zero-order valence-corrected chi connectivity index (χ0v) is 7.58. The highest BCUT2D eigenvalue weighted by Crippen LogP contribution is 2.21. The van der Waals surface area contributed by atoms with E-state index < -0.39 is 0 Å². The van der Waals surface area contributed by atoms with Crippen molar-refractivity contribution in [2.45, 2.75) is 38.7 Å². The molecule has 0 spiro atoms. The van der Waals surface area contributed by atoms with Gasteiger partial charge in [-0.2, -0.15) is 0 Å². The molecular formula is C9H17NO2. The average molecular weight is 171 g/mol. The predicted molar refractivity (Wildman–Crippen MR) is 46.6 cm³/mol. The molecule has 3 nitrogen and oxygen atoms in total. The number of nitrogens with two attached hydrogens (primary N) is 1. The molecule has 1 heterocycles. The summed E-state index contributed by atoms with van der Waals surface area (Å²) in [6.07, 6.45) is 3.90. The quantitative estimate of drug-likeness (QED) is 0.675. The monoisotopic (exact) mass is 171 g/mol. The van der Waals surface area contributed by atoms with Gasteiger partial charge < -0.3 is 10.5 Å². The number of primary amides is 1. The third kappa shape index (κ3) is 2.81. The van der Waals surface area contributed by atoms with Crippen LogP contribution in [0.2, 0.25) is 0 Å². The Labute approximate surface area is 73.3 Å². The van der Waals surface area contributed by atoms with Crippen LogP contribution in [0.1, 0.15) is 32.6 Å². The van der Waals surface area contributed by atoms with Gasteiger partial charge in [-0.3, -0.25) is 4.79 Å². The van der Waals surface area contributed by atoms with Crippen LogP contribution >= 0.6 is 0 Å². The molecule has 0 saturated carbocycles. The van der Waals surface area contributed by atoms with Gasteiger partial charge in [-0.1, -0.05) is 13.3 Å². The summed E-state index contributed by atoms with van der Waals surface area (Å²) in [7, 11) is 0. The van der Waals surface area contributed by atoms with Crippen LogP contribution in [0.5, 0.6) is 0 Å². The summed E-state index contributed by atoms with van der Waals surface area (Å²) in [5.41, 5.74) is 5.12. The first-order chi connectivity index (χ1) is 5.70. The van der Waals surface area contributed by atoms with Crippen LogP contribution in [0.3, 0.4) is 0 Å². The lowest BCUT2D eigenvalue weighted by Crippen LogP contribution is -2.27. The lowest BCUT2D eigenvalue weighted by molar-refractivity contribution is -0.121. The minimum absolute atomic E-state index is 0.0602. The summed E-state index contributed by atoms with van der Waals surface area (Å²) in [6, 6.07) is 0. The topological polar surface area (TPSA) is 52.3 Å². The molecular weight excluding hydrogens is 154 g/mol. The molecule has 1 saturated heterocycles. The van der Waals surface area contributed by atoms with Gasteiger partial charge in [0.05, 0.1) is 12.5 Å². The van der Waals surface area contributed by atoms with Crippen LogP contribution in [-0.2, 0) is 9.53 Å². The fourth-order valence-corrected chi connectivity index (χ4v) is 1.61. The van der Waals surface area contributed by atoms with Gasteiger partial charge in [0.1, 0.15) is 0 Å². The van der Waals surface area contributed by atoms with E-state index in [0.717, 1.165) is 19.4 Å². The van der Waals surface area contributed by atoms with Crippen LogP contribution < -0.4 is 5.73 Å². The van der Waals surface area contributed by atoms with Crippen LogP contribution in [-0.4, -0.2) is 18.6 Å². The Hall–Kier alpha value is -0.570. The first-order valence-corrected chi connectivity index (χ1v) is 4.60. The second-order valence-electron chi connectivity index (χ2n) is 3.55. The van der Waals surface area contributed by atoms with E-state index >= 15 is 0 Å². The van der Waals surface area contributed by atoms with Crippen LogP contribution in [0.25, 0.3) is 0 Å². The fourth-order valence-electron chi connectivity index (χ4n) is 1.61. The zero-order valence-electron chi connectivity index (χ0n) is 7.58. The van der Waals surface area contributed by atoms with E-state index in [1.807, 2.05) is 0 Å². The maximum atomic E-state index is 10.7. The van der Waals surface area contributed by atoms with Crippen LogP contribution in [0.4, 0.5) is 0 Å². The third-order valence-electron chi connectivity index (χ3n) is 2.42. The number of carbonyl (C=O) groups excluding carboxylic acids is 1. The van der Waals surface area contributed by atoms with Crippen molar-refractivity contribution in [2.75, 3.05) is 6.61 Å². The summed E-state index contributed by atoms with van der Waals surface area (Å²) < 4.78 is 5.53. The van der Waals surface area contributed by atoms with Gasteiger partial charge in [-0.05, 0) is 18.8 Å². The largest absolute Gasteiger partial charge is 0.377 e. The molecule has 2 N–H and O–H groups in total. The molecule has 1 amide bonds. The van der Waals surface area contributed by atoms with Crippen molar-refractivity contribution in [2.24, 2.45) is 11.7 Å². The molecule has 0 bridgehead atoms. The maximum Gasteiger partial charge on any atom is 0.220 e. The van der Waals surface area contributed by atoms with Gasteiger partial charge >= 0.3 is 0 Å². The van der Waals surface area contributed by atoms with E-state index in [2.05, 4.69) is 6.92 Å². The van der Waals surface area contributed by atoms with Crippen LogP contribution in [0, 0.1) is 5.92 Å². The maximum absolute atomic E-state index is 10.7. The number of amides is 1. The van der Waals surface area contributed by atoms with E-state index in [9.17, 15) is 4.79 Å². The molecule has 3 heteroatoms. The van der Waals surface area contributed by atoms with Gasteiger partial charge in [-0.25, -0.2) is 0 Å².